The van der Waals surface area contributed by atoms with E-state index in [1.165, 1.54) is 0 Å². The van der Waals surface area contributed by atoms with Gasteiger partial charge in [0, 0.05) is 13.1 Å². The summed E-state index contributed by atoms with van der Waals surface area (Å²) in [6.07, 6.45) is 0. The largest absolute Gasteiger partial charge is 0.355 e. The molecule has 0 aliphatic carbocycles. The smallest absolute Gasteiger partial charge is 0.234 e. The van der Waals surface area contributed by atoms with Crippen molar-refractivity contribution in [1.82, 2.24) is 10.2 Å². The van der Waals surface area contributed by atoms with E-state index in [0.29, 0.717) is 12.5 Å². The van der Waals surface area contributed by atoms with Crippen molar-refractivity contribution in [3.63, 3.8) is 0 Å². The number of likely N-dealkylation sites (N-methyl/N-ethyl adjacent to an activating group) is 1. The molecular formula is C7H14N2O. The molecule has 1 unspecified atom stereocenters. The molecule has 0 radical (unpaired) electrons. The highest BCUT2D eigenvalue weighted by Gasteiger charge is 2.14. The van der Waals surface area contributed by atoms with Gasteiger partial charge in [-0.2, -0.15) is 0 Å². The monoisotopic (exact) mass is 142 g/mol. The zero-order chi connectivity index (χ0) is 7.56. The minimum absolute atomic E-state index is 0.145. The molecule has 0 aromatic heterocycles. The molecular weight excluding hydrogens is 128 g/mol. The second-order valence-corrected chi connectivity index (χ2v) is 3.11. The summed E-state index contributed by atoms with van der Waals surface area (Å²) in [5.74, 6) is 0.725. The lowest BCUT2D eigenvalue weighted by Gasteiger charge is -2.13. The van der Waals surface area contributed by atoms with Crippen LogP contribution in [0.3, 0.4) is 0 Å². The summed E-state index contributed by atoms with van der Waals surface area (Å²) in [6, 6.07) is 0. The third-order valence-corrected chi connectivity index (χ3v) is 1.68. The second kappa shape index (κ2) is 3.01. The third kappa shape index (κ3) is 1.99. The highest BCUT2D eigenvalue weighted by Crippen LogP contribution is 1.99. The molecule has 0 saturated carbocycles. The first kappa shape index (κ1) is 7.54. The molecule has 0 spiro atoms. The molecule has 1 fully saturated rings. The first-order chi connectivity index (χ1) is 4.68. The van der Waals surface area contributed by atoms with Crippen molar-refractivity contribution in [1.29, 1.82) is 0 Å². The Labute approximate surface area is 61.4 Å². The minimum atomic E-state index is 0.145. The van der Waals surface area contributed by atoms with Crippen molar-refractivity contribution < 1.29 is 4.79 Å². The summed E-state index contributed by atoms with van der Waals surface area (Å²) in [5, 5.41) is 2.84. The maximum Gasteiger partial charge on any atom is 0.234 e. The molecule has 1 amide bonds. The van der Waals surface area contributed by atoms with Crippen LogP contribution in [0.4, 0.5) is 0 Å². The van der Waals surface area contributed by atoms with E-state index < -0.39 is 0 Å². The van der Waals surface area contributed by atoms with Crippen LogP contribution in [0.5, 0.6) is 0 Å². The molecule has 1 saturated heterocycles. The van der Waals surface area contributed by atoms with E-state index >= 15 is 0 Å². The molecule has 1 aliphatic heterocycles. The van der Waals surface area contributed by atoms with Gasteiger partial charge in [-0.3, -0.25) is 9.69 Å². The Bertz CT molecular complexity index is 136. The molecule has 1 heterocycles. The summed E-state index contributed by atoms with van der Waals surface area (Å²) < 4.78 is 0. The minimum Gasteiger partial charge on any atom is -0.355 e. The molecule has 0 bridgehead atoms. The number of carbonyl (C=O) groups excluding carboxylic acids is 1. The van der Waals surface area contributed by atoms with E-state index in [4.69, 9.17) is 0 Å². The van der Waals surface area contributed by atoms with Crippen LogP contribution >= 0.6 is 0 Å². The van der Waals surface area contributed by atoms with Crippen LogP contribution in [0, 0.1) is 5.92 Å². The van der Waals surface area contributed by atoms with E-state index in [9.17, 15) is 4.79 Å². The SMILES string of the molecule is CC1CNC(=O)CN(C)C1. The first-order valence-corrected chi connectivity index (χ1v) is 3.63. The summed E-state index contributed by atoms with van der Waals surface area (Å²) in [4.78, 5) is 12.9. The number of amides is 1. The quantitative estimate of drug-likeness (QED) is 0.503. The Morgan fingerprint density at radius 3 is 3.10 bits per heavy atom. The van der Waals surface area contributed by atoms with Crippen LogP contribution < -0.4 is 5.32 Å². The fourth-order valence-corrected chi connectivity index (χ4v) is 1.25. The molecule has 3 heteroatoms. The van der Waals surface area contributed by atoms with Crippen molar-refractivity contribution in [2.45, 2.75) is 6.92 Å². The Hall–Kier alpha value is -0.570. The summed E-state index contributed by atoms with van der Waals surface area (Å²) in [6.45, 7) is 4.52. The number of rotatable bonds is 0. The molecule has 0 aromatic carbocycles. The predicted molar refractivity (Wildman–Crippen MR) is 39.7 cm³/mol. The summed E-state index contributed by atoms with van der Waals surface area (Å²) >= 11 is 0. The van der Waals surface area contributed by atoms with Gasteiger partial charge in [-0.1, -0.05) is 6.92 Å². The van der Waals surface area contributed by atoms with Gasteiger partial charge in [0.05, 0.1) is 6.54 Å². The average Bonchev–Trinajstić information content (AvgIpc) is 1.93. The van der Waals surface area contributed by atoms with Gasteiger partial charge in [0.25, 0.3) is 0 Å². The number of hydrogen-bond acceptors (Lipinski definition) is 2. The van der Waals surface area contributed by atoms with Gasteiger partial charge in [-0.05, 0) is 13.0 Å². The van der Waals surface area contributed by atoms with Crippen LogP contribution in [0.25, 0.3) is 0 Å². The predicted octanol–water partition coefficient (Wildman–Crippen LogP) is -0.316. The van der Waals surface area contributed by atoms with E-state index in [-0.39, 0.29) is 5.91 Å². The lowest BCUT2D eigenvalue weighted by Crippen LogP contribution is -2.30. The van der Waals surface area contributed by atoms with E-state index in [1.54, 1.807) is 0 Å². The zero-order valence-corrected chi connectivity index (χ0v) is 6.55. The molecule has 1 N–H and O–H groups in total. The molecule has 58 valence electrons. The Morgan fingerprint density at radius 2 is 2.40 bits per heavy atom. The molecule has 1 atom stereocenters. The van der Waals surface area contributed by atoms with Crippen molar-refractivity contribution in [3.8, 4) is 0 Å². The van der Waals surface area contributed by atoms with Crippen LogP contribution in [0.2, 0.25) is 0 Å². The fourth-order valence-electron chi connectivity index (χ4n) is 1.25. The molecule has 1 rings (SSSR count). The van der Waals surface area contributed by atoms with E-state index in [1.807, 2.05) is 11.9 Å². The molecule has 10 heavy (non-hydrogen) atoms. The van der Waals surface area contributed by atoms with Gasteiger partial charge in [-0.15, -0.1) is 0 Å². The first-order valence-electron chi connectivity index (χ1n) is 3.63. The highest BCUT2D eigenvalue weighted by molar-refractivity contribution is 5.78. The molecule has 1 aliphatic rings. The Kier molecular flexibility index (Phi) is 2.27. The zero-order valence-electron chi connectivity index (χ0n) is 6.55. The average molecular weight is 142 g/mol. The van der Waals surface area contributed by atoms with Crippen molar-refractivity contribution in [2.75, 3.05) is 26.7 Å². The fraction of sp³-hybridized carbons (Fsp3) is 0.857. The summed E-state index contributed by atoms with van der Waals surface area (Å²) in [7, 11) is 1.97. The number of hydrogen-bond donors (Lipinski definition) is 1. The number of nitrogens with one attached hydrogen (secondary N) is 1. The van der Waals surface area contributed by atoms with Crippen molar-refractivity contribution in [3.05, 3.63) is 0 Å². The molecule has 3 nitrogen and oxygen atoms in total. The normalized spacial score (nSPS) is 29.4. The van der Waals surface area contributed by atoms with Gasteiger partial charge in [-0.25, -0.2) is 0 Å². The standard InChI is InChI=1S/C7H14N2O/c1-6-3-8-7(10)5-9(2)4-6/h6H,3-5H2,1-2H3,(H,8,10). The Balaban J connectivity index is 2.46. The molecule has 0 aromatic rings. The maximum atomic E-state index is 10.9. The summed E-state index contributed by atoms with van der Waals surface area (Å²) in [5.41, 5.74) is 0. The van der Waals surface area contributed by atoms with Crippen molar-refractivity contribution >= 4 is 5.91 Å². The van der Waals surface area contributed by atoms with Crippen LogP contribution in [0.1, 0.15) is 6.92 Å². The van der Waals surface area contributed by atoms with Crippen LogP contribution in [-0.2, 0) is 4.79 Å². The van der Waals surface area contributed by atoms with E-state index in [2.05, 4.69) is 12.2 Å². The van der Waals surface area contributed by atoms with Gasteiger partial charge in [0.15, 0.2) is 0 Å². The van der Waals surface area contributed by atoms with Crippen LogP contribution in [0.15, 0.2) is 0 Å². The van der Waals surface area contributed by atoms with Gasteiger partial charge in [0.1, 0.15) is 0 Å². The lowest BCUT2D eigenvalue weighted by atomic mass is 10.2. The topological polar surface area (TPSA) is 32.3 Å². The second-order valence-electron chi connectivity index (χ2n) is 3.11. The Morgan fingerprint density at radius 1 is 1.70 bits per heavy atom. The highest BCUT2D eigenvalue weighted by atomic mass is 16.2. The number of nitrogens with zero attached hydrogens (tertiary/aromatic N) is 1. The maximum absolute atomic E-state index is 10.9. The van der Waals surface area contributed by atoms with E-state index in [0.717, 1.165) is 13.1 Å². The number of carbonyl (C=O) groups is 1. The van der Waals surface area contributed by atoms with Crippen molar-refractivity contribution in [2.24, 2.45) is 5.92 Å². The third-order valence-electron chi connectivity index (χ3n) is 1.68. The van der Waals surface area contributed by atoms with Gasteiger partial charge in [0.2, 0.25) is 5.91 Å². The lowest BCUT2D eigenvalue weighted by molar-refractivity contribution is -0.121. The van der Waals surface area contributed by atoms with Crippen LogP contribution in [-0.4, -0.2) is 37.5 Å². The van der Waals surface area contributed by atoms with Gasteiger partial charge < -0.3 is 5.32 Å². The van der Waals surface area contributed by atoms with Gasteiger partial charge >= 0.3 is 0 Å².